The molecule has 1 aliphatic heterocycles. The second-order valence-corrected chi connectivity index (χ2v) is 7.24. The zero-order valence-electron chi connectivity index (χ0n) is 14.3. The first-order valence-electron chi connectivity index (χ1n) is 9.17. The van der Waals surface area contributed by atoms with Gasteiger partial charge in [0.05, 0.1) is 23.9 Å². The zero-order chi connectivity index (χ0) is 15.1. The van der Waals surface area contributed by atoms with Gasteiger partial charge in [-0.3, -0.25) is 0 Å². The van der Waals surface area contributed by atoms with Crippen molar-refractivity contribution in [2.75, 3.05) is 13.1 Å². The minimum absolute atomic E-state index is 0.0765. The summed E-state index contributed by atoms with van der Waals surface area (Å²) in [6.07, 6.45) is 12.2. The summed E-state index contributed by atoms with van der Waals surface area (Å²) in [4.78, 5) is 0. The van der Waals surface area contributed by atoms with E-state index in [2.05, 4.69) is 26.1 Å². The average Bonchev–Trinajstić information content (AvgIpc) is 2.64. The smallest absolute Gasteiger partial charge is 0.0810 e. The molecule has 1 heterocycles. The van der Waals surface area contributed by atoms with Gasteiger partial charge in [-0.1, -0.05) is 32.6 Å². The lowest BCUT2D eigenvalue weighted by molar-refractivity contribution is -0.161. The summed E-state index contributed by atoms with van der Waals surface area (Å²) in [5.41, 5.74) is 0.0765. The highest BCUT2D eigenvalue weighted by Crippen LogP contribution is 2.34. The molecule has 3 nitrogen and oxygen atoms in total. The summed E-state index contributed by atoms with van der Waals surface area (Å²) in [6, 6.07) is 0. The second-order valence-electron chi connectivity index (χ2n) is 7.24. The first kappa shape index (κ1) is 17.2. The summed E-state index contributed by atoms with van der Waals surface area (Å²) in [7, 11) is 0. The third kappa shape index (κ3) is 5.54. The Labute approximate surface area is 131 Å². The monoisotopic (exact) mass is 297 g/mol. The molecule has 2 aliphatic rings. The Balaban J connectivity index is 1.96. The molecule has 2 fully saturated rings. The molecule has 0 spiro atoms. The molecule has 2 unspecified atom stereocenters. The molecule has 0 aromatic carbocycles. The van der Waals surface area contributed by atoms with Crippen LogP contribution in [0.3, 0.4) is 0 Å². The maximum absolute atomic E-state index is 6.74. The van der Waals surface area contributed by atoms with Crippen molar-refractivity contribution in [1.82, 2.24) is 5.32 Å². The van der Waals surface area contributed by atoms with Crippen LogP contribution in [0.5, 0.6) is 0 Å². The predicted molar refractivity (Wildman–Crippen MR) is 87.7 cm³/mol. The Morgan fingerprint density at radius 1 is 1.05 bits per heavy atom. The molecule has 1 N–H and O–H groups in total. The number of ether oxygens (including phenoxy) is 2. The molecule has 1 saturated heterocycles. The Bertz CT molecular complexity index is 277. The summed E-state index contributed by atoms with van der Waals surface area (Å²) >= 11 is 0. The van der Waals surface area contributed by atoms with Crippen LogP contribution in [0.25, 0.3) is 0 Å². The topological polar surface area (TPSA) is 30.5 Å². The lowest BCUT2D eigenvalue weighted by atomic mass is 9.92. The summed E-state index contributed by atoms with van der Waals surface area (Å²) in [5.74, 6) is 0. The first-order chi connectivity index (χ1) is 10.1. The zero-order valence-corrected chi connectivity index (χ0v) is 14.3. The van der Waals surface area contributed by atoms with E-state index in [1.165, 1.54) is 44.9 Å². The van der Waals surface area contributed by atoms with Gasteiger partial charge in [-0.05, 0) is 52.5 Å². The summed E-state index contributed by atoms with van der Waals surface area (Å²) in [5, 5.41) is 3.63. The number of rotatable bonds is 6. The molecule has 3 heteroatoms. The van der Waals surface area contributed by atoms with E-state index < -0.39 is 0 Å². The maximum atomic E-state index is 6.74. The molecule has 0 aromatic rings. The molecular weight excluding hydrogens is 262 g/mol. The SMILES string of the molecule is CCCNCC1(OC2CC(C)OC(C)C2)CCCCCC1. The van der Waals surface area contributed by atoms with Crippen LogP contribution in [-0.2, 0) is 9.47 Å². The third-order valence-corrected chi connectivity index (χ3v) is 4.96. The van der Waals surface area contributed by atoms with Crippen LogP contribution in [0.15, 0.2) is 0 Å². The quantitative estimate of drug-likeness (QED) is 0.592. The summed E-state index contributed by atoms with van der Waals surface area (Å²) in [6.45, 7) is 8.73. The fourth-order valence-corrected chi connectivity index (χ4v) is 4.00. The van der Waals surface area contributed by atoms with Crippen LogP contribution in [-0.4, -0.2) is 37.0 Å². The minimum Gasteiger partial charge on any atom is -0.375 e. The molecule has 2 rings (SSSR count). The highest BCUT2D eigenvalue weighted by molar-refractivity contribution is 4.88. The van der Waals surface area contributed by atoms with Crippen molar-refractivity contribution in [2.24, 2.45) is 0 Å². The Hall–Kier alpha value is -0.120. The molecule has 124 valence electrons. The van der Waals surface area contributed by atoms with Gasteiger partial charge in [0, 0.05) is 6.54 Å². The normalized spacial score (nSPS) is 33.6. The molecule has 0 radical (unpaired) electrons. The Morgan fingerprint density at radius 2 is 1.67 bits per heavy atom. The first-order valence-corrected chi connectivity index (χ1v) is 9.17. The van der Waals surface area contributed by atoms with E-state index in [-0.39, 0.29) is 5.60 Å². The predicted octanol–water partition coefficient (Wildman–Crippen LogP) is 4.05. The lowest BCUT2D eigenvalue weighted by Gasteiger charge is -2.41. The van der Waals surface area contributed by atoms with Crippen molar-refractivity contribution in [3.8, 4) is 0 Å². The number of hydrogen-bond donors (Lipinski definition) is 1. The fourth-order valence-electron chi connectivity index (χ4n) is 4.00. The van der Waals surface area contributed by atoms with Gasteiger partial charge in [-0.25, -0.2) is 0 Å². The molecule has 21 heavy (non-hydrogen) atoms. The highest BCUT2D eigenvalue weighted by Gasteiger charge is 2.36. The van der Waals surface area contributed by atoms with E-state index in [9.17, 15) is 0 Å². The van der Waals surface area contributed by atoms with E-state index in [1.807, 2.05) is 0 Å². The average molecular weight is 297 g/mol. The van der Waals surface area contributed by atoms with Gasteiger partial charge >= 0.3 is 0 Å². The van der Waals surface area contributed by atoms with Crippen LogP contribution in [0.1, 0.15) is 78.6 Å². The van der Waals surface area contributed by atoms with E-state index in [0.29, 0.717) is 18.3 Å². The van der Waals surface area contributed by atoms with Gasteiger partial charge in [0.25, 0.3) is 0 Å². The molecule has 2 atom stereocenters. The second kappa shape index (κ2) is 8.50. The van der Waals surface area contributed by atoms with E-state index >= 15 is 0 Å². The van der Waals surface area contributed by atoms with Crippen LogP contribution in [0.2, 0.25) is 0 Å². The standard InChI is InChI=1S/C18H35NO2/c1-4-11-19-14-18(9-7-5-6-8-10-18)21-17-12-15(2)20-16(3)13-17/h15-17,19H,4-14H2,1-3H3. The van der Waals surface area contributed by atoms with E-state index in [0.717, 1.165) is 25.9 Å². The van der Waals surface area contributed by atoms with Gasteiger partial charge in [-0.2, -0.15) is 0 Å². The summed E-state index contributed by atoms with van der Waals surface area (Å²) < 4.78 is 12.6. The molecule has 1 aliphatic carbocycles. The van der Waals surface area contributed by atoms with Gasteiger partial charge in [0.1, 0.15) is 0 Å². The van der Waals surface area contributed by atoms with Crippen LogP contribution in [0, 0.1) is 0 Å². The fraction of sp³-hybridized carbons (Fsp3) is 1.00. The van der Waals surface area contributed by atoms with Crippen molar-refractivity contribution < 1.29 is 9.47 Å². The maximum Gasteiger partial charge on any atom is 0.0810 e. The molecule has 0 amide bonds. The van der Waals surface area contributed by atoms with Crippen LogP contribution in [0.4, 0.5) is 0 Å². The van der Waals surface area contributed by atoms with Gasteiger partial charge in [0.15, 0.2) is 0 Å². The van der Waals surface area contributed by atoms with Gasteiger partial charge in [0.2, 0.25) is 0 Å². The van der Waals surface area contributed by atoms with E-state index in [1.54, 1.807) is 0 Å². The van der Waals surface area contributed by atoms with Crippen LogP contribution < -0.4 is 5.32 Å². The lowest BCUT2D eigenvalue weighted by Crippen LogP contribution is -2.48. The molecular formula is C18H35NO2. The largest absolute Gasteiger partial charge is 0.375 e. The number of nitrogens with one attached hydrogen (secondary N) is 1. The van der Waals surface area contributed by atoms with Crippen molar-refractivity contribution >= 4 is 0 Å². The van der Waals surface area contributed by atoms with Crippen LogP contribution >= 0.6 is 0 Å². The number of hydrogen-bond acceptors (Lipinski definition) is 3. The highest BCUT2D eigenvalue weighted by atomic mass is 16.5. The Morgan fingerprint density at radius 3 is 2.24 bits per heavy atom. The molecule has 1 saturated carbocycles. The van der Waals surface area contributed by atoms with Gasteiger partial charge < -0.3 is 14.8 Å². The third-order valence-electron chi connectivity index (χ3n) is 4.96. The van der Waals surface area contributed by atoms with E-state index in [4.69, 9.17) is 9.47 Å². The minimum atomic E-state index is 0.0765. The van der Waals surface area contributed by atoms with Gasteiger partial charge in [-0.15, -0.1) is 0 Å². The van der Waals surface area contributed by atoms with Crippen molar-refractivity contribution in [3.05, 3.63) is 0 Å². The molecule has 0 bridgehead atoms. The van der Waals surface area contributed by atoms with Crippen molar-refractivity contribution in [3.63, 3.8) is 0 Å². The molecule has 0 aromatic heterocycles. The van der Waals surface area contributed by atoms with Crippen molar-refractivity contribution in [2.45, 2.75) is 102 Å². The Kier molecular flexibility index (Phi) is 6.97. The van der Waals surface area contributed by atoms with Crippen molar-refractivity contribution in [1.29, 1.82) is 0 Å².